The number of amides is 1. The highest BCUT2D eigenvalue weighted by atomic mass is 32.2. The van der Waals surface area contributed by atoms with Crippen LogP contribution in [0, 0.1) is 0 Å². The van der Waals surface area contributed by atoms with Crippen molar-refractivity contribution in [1.29, 1.82) is 0 Å². The van der Waals surface area contributed by atoms with Gasteiger partial charge in [0.05, 0.1) is 10.6 Å². The molecule has 2 aromatic rings. The number of hydrogen-bond donors (Lipinski definition) is 1. The van der Waals surface area contributed by atoms with E-state index in [-0.39, 0.29) is 10.8 Å². The minimum absolute atomic E-state index is 0.0501. The van der Waals surface area contributed by atoms with E-state index in [2.05, 4.69) is 4.72 Å². The first kappa shape index (κ1) is 16.9. The van der Waals surface area contributed by atoms with Crippen molar-refractivity contribution in [2.24, 2.45) is 0 Å². The number of nitrogens with zero attached hydrogens (tertiary/aromatic N) is 1. The highest BCUT2D eigenvalue weighted by Crippen LogP contribution is 2.40. The number of hydrogen-bond acceptors (Lipinski definition) is 3. The molecule has 0 aliphatic carbocycles. The first-order valence-electron chi connectivity index (χ1n) is 8.38. The Bertz CT molecular complexity index is 891. The molecule has 5 nitrogen and oxygen atoms in total. The Morgan fingerprint density at radius 2 is 1.88 bits per heavy atom. The van der Waals surface area contributed by atoms with Crippen LogP contribution in [-0.4, -0.2) is 27.4 Å². The molecule has 0 aromatic heterocycles. The summed E-state index contributed by atoms with van der Waals surface area (Å²) in [5.74, 6) is -0.0501. The summed E-state index contributed by atoms with van der Waals surface area (Å²) in [6.07, 6.45) is 2.57. The molecule has 128 valence electrons. The van der Waals surface area contributed by atoms with Gasteiger partial charge in [0.15, 0.2) is 0 Å². The number of benzene rings is 2. The zero-order chi connectivity index (χ0) is 17.3. The molecule has 0 bridgehead atoms. The van der Waals surface area contributed by atoms with Crippen molar-refractivity contribution >= 4 is 32.4 Å². The maximum Gasteiger partial charge on any atom is 0.258 e. The minimum Gasteiger partial charge on any atom is -0.308 e. The van der Waals surface area contributed by atoms with Crippen molar-refractivity contribution in [3.63, 3.8) is 0 Å². The Kier molecular flexibility index (Phi) is 4.60. The lowest BCUT2D eigenvalue weighted by atomic mass is 10.1. The lowest BCUT2D eigenvalue weighted by molar-refractivity contribution is 0.0993. The maximum atomic E-state index is 12.6. The van der Waals surface area contributed by atoms with Crippen LogP contribution in [0.1, 0.15) is 43.5 Å². The van der Waals surface area contributed by atoms with Gasteiger partial charge < -0.3 is 4.90 Å². The maximum absolute atomic E-state index is 12.6. The van der Waals surface area contributed by atoms with Gasteiger partial charge in [-0.25, -0.2) is 13.1 Å². The fourth-order valence-corrected chi connectivity index (χ4v) is 4.44. The molecule has 0 saturated heterocycles. The third kappa shape index (κ3) is 2.70. The second kappa shape index (κ2) is 6.53. The molecule has 2 aromatic carbocycles. The van der Waals surface area contributed by atoms with E-state index in [1.54, 1.807) is 35.2 Å². The molecule has 0 unspecified atom stereocenters. The predicted molar refractivity (Wildman–Crippen MR) is 96.0 cm³/mol. The van der Waals surface area contributed by atoms with Crippen molar-refractivity contribution in [2.45, 2.75) is 38.0 Å². The number of sulfonamides is 1. The summed E-state index contributed by atoms with van der Waals surface area (Å²) in [5, 5.41) is 1.36. The van der Waals surface area contributed by atoms with Gasteiger partial charge in [-0.1, -0.05) is 32.4 Å². The lowest BCUT2D eigenvalue weighted by Crippen LogP contribution is -2.27. The summed E-state index contributed by atoms with van der Waals surface area (Å²) in [4.78, 5) is 14.6. The van der Waals surface area contributed by atoms with Crippen LogP contribution in [0.2, 0.25) is 0 Å². The number of anilines is 1. The van der Waals surface area contributed by atoms with Gasteiger partial charge in [-0.15, -0.1) is 0 Å². The molecule has 0 saturated carbocycles. The number of rotatable bonds is 7. The molecular formula is C18H22N2O3S. The molecule has 1 aliphatic rings. The topological polar surface area (TPSA) is 66.5 Å². The van der Waals surface area contributed by atoms with Crippen LogP contribution in [-0.2, 0) is 10.0 Å². The van der Waals surface area contributed by atoms with Gasteiger partial charge in [-0.3, -0.25) is 4.79 Å². The molecule has 3 rings (SSSR count). The van der Waals surface area contributed by atoms with E-state index in [4.69, 9.17) is 0 Å². The lowest BCUT2D eigenvalue weighted by Gasteiger charge is -2.17. The second-order valence-electron chi connectivity index (χ2n) is 6.02. The van der Waals surface area contributed by atoms with E-state index in [0.717, 1.165) is 30.3 Å². The van der Waals surface area contributed by atoms with Crippen LogP contribution in [0.25, 0.3) is 10.8 Å². The number of nitrogens with one attached hydrogen (secondary N) is 1. The van der Waals surface area contributed by atoms with Crippen molar-refractivity contribution < 1.29 is 13.2 Å². The molecule has 24 heavy (non-hydrogen) atoms. The van der Waals surface area contributed by atoms with E-state index < -0.39 is 10.0 Å². The number of carbonyl (C=O) groups excluding carboxylic acids is 1. The van der Waals surface area contributed by atoms with E-state index in [1.165, 1.54) is 0 Å². The molecule has 6 heteroatoms. The smallest absolute Gasteiger partial charge is 0.258 e. The van der Waals surface area contributed by atoms with Gasteiger partial charge >= 0.3 is 0 Å². The molecule has 0 spiro atoms. The van der Waals surface area contributed by atoms with Crippen LogP contribution < -0.4 is 9.62 Å². The highest BCUT2D eigenvalue weighted by molar-refractivity contribution is 7.89. The monoisotopic (exact) mass is 346 g/mol. The molecule has 1 aliphatic heterocycles. The summed E-state index contributed by atoms with van der Waals surface area (Å²) in [6.45, 7) is 5.08. The van der Waals surface area contributed by atoms with Crippen LogP contribution in [0.5, 0.6) is 0 Å². The van der Waals surface area contributed by atoms with E-state index in [1.807, 2.05) is 13.8 Å². The Hall–Kier alpha value is -1.92. The van der Waals surface area contributed by atoms with Gasteiger partial charge in [-0.2, -0.15) is 0 Å². The summed E-state index contributed by atoms with van der Waals surface area (Å²) >= 11 is 0. The number of unbranched alkanes of at least 4 members (excludes halogenated alkanes) is 1. The first-order chi connectivity index (χ1) is 11.5. The highest BCUT2D eigenvalue weighted by Gasteiger charge is 2.31. The van der Waals surface area contributed by atoms with E-state index >= 15 is 0 Å². The SMILES string of the molecule is CCCCNS(=O)(=O)c1ccc2c3c(cccc13)C(=O)N2CCC. The van der Waals surface area contributed by atoms with Crippen molar-refractivity contribution in [3.8, 4) is 0 Å². The first-order valence-corrected chi connectivity index (χ1v) is 9.86. The third-order valence-corrected chi connectivity index (χ3v) is 5.82. The summed E-state index contributed by atoms with van der Waals surface area (Å²) in [6, 6.07) is 8.65. The summed E-state index contributed by atoms with van der Waals surface area (Å²) in [7, 11) is -3.59. The molecule has 0 fully saturated rings. The third-order valence-electron chi connectivity index (χ3n) is 4.30. The summed E-state index contributed by atoms with van der Waals surface area (Å²) in [5.41, 5.74) is 1.39. The Morgan fingerprint density at radius 1 is 1.08 bits per heavy atom. The molecule has 0 radical (unpaired) electrons. The van der Waals surface area contributed by atoms with Crippen molar-refractivity contribution in [1.82, 2.24) is 4.72 Å². The minimum atomic E-state index is -3.59. The van der Waals surface area contributed by atoms with Gasteiger partial charge in [0.1, 0.15) is 0 Å². The summed E-state index contributed by atoms with van der Waals surface area (Å²) < 4.78 is 27.9. The molecule has 1 N–H and O–H groups in total. The molecule has 0 atom stereocenters. The van der Waals surface area contributed by atoms with Crippen molar-refractivity contribution in [3.05, 3.63) is 35.9 Å². The second-order valence-corrected chi connectivity index (χ2v) is 7.75. The zero-order valence-electron chi connectivity index (χ0n) is 14.0. The van der Waals surface area contributed by atoms with Crippen LogP contribution in [0.4, 0.5) is 5.69 Å². The quantitative estimate of drug-likeness (QED) is 0.782. The normalized spacial score (nSPS) is 13.9. The Balaban J connectivity index is 2.13. The number of carbonyl (C=O) groups is 1. The van der Waals surface area contributed by atoms with Crippen molar-refractivity contribution in [2.75, 3.05) is 18.0 Å². The average molecular weight is 346 g/mol. The van der Waals surface area contributed by atoms with Crippen LogP contribution in [0.3, 0.4) is 0 Å². The average Bonchev–Trinajstić information content (AvgIpc) is 2.83. The Labute approximate surface area is 142 Å². The van der Waals surface area contributed by atoms with E-state index in [0.29, 0.717) is 24.0 Å². The van der Waals surface area contributed by atoms with Crippen LogP contribution >= 0.6 is 0 Å². The predicted octanol–water partition coefficient (Wildman–Crippen LogP) is 3.29. The van der Waals surface area contributed by atoms with E-state index in [9.17, 15) is 13.2 Å². The van der Waals surface area contributed by atoms with Gasteiger partial charge in [0, 0.05) is 29.4 Å². The van der Waals surface area contributed by atoms with Crippen LogP contribution in [0.15, 0.2) is 35.2 Å². The Morgan fingerprint density at radius 3 is 2.58 bits per heavy atom. The fraction of sp³-hybridized carbons (Fsp3) is 0.389. The molecule has 1 heterocycles. The van der Waals surface area contributed by atoms with Gasteiger partial charge in [0.25, 0.3) is 5.91 Å². The standard InChI is InChI=1S/C18H22N2O3S/c1-3-5-11-19-24(22,23)16-10-9-15-17-13(16)7-6-8-14(17)18(21)20(15)12-4-2/h6-10,19H,3-5,11-12H2,1-2H3. The molecule has 1 amide bonds. The zero-order valence-corrected chi connectivity index (χ0v) is 14.8. The van der Waals surface area contributed by atoms with Gasteiger partial charge in [0.2, 0.25) is 10.0 Å². The molecular weight excluding hydrogens is 324 g/mol. The van der Waals surface area contributed by atoms with Gasteiger partial charge in [-0.05, 0) is 31.0 Å². The fourth-order valence-electron chi connectivity index (χ4n) is 3.16. The largest absolute Gasteiger partial charge is 0.308 e.